The molecule has 0 aromatic heterocycles. The van der Waals surface area contributed by atoms with Crippen LogP contribution >= 0.6 is 0 Å². The van der Waals surface area contributed by atoms with E-state index in [0.717, 1.165) is 12.1 Å². The van der Waals surface area contributed by atoms with Gasteiger partial charge in [0.1, 0.15) is 0 Å². The van der Waals surface area contributed by atoms with Gasteiger partial charge in [-0.1, -0.05) is 44.8 Å². The van der Waals surface area contributed by atoms with Gasteiger partial charge in [-0.3, -0.25) is 0 Å². The summed E-state index contributed by atoms with van der Waals surface area (Å²) in [5.41, 5.74) is 0.988. The zero-order valence-corrected chi connectivity index (χ0v) is 11.0. The summed E-state index contributed by atoms with van der Waals surface area (Å²) in [6.45, 7) is 9.18. The molecule has 0 aliphatic rings. The molecule has 0 unspecified atom stereocenters. The van der Waals surface area contributed by atoms with Crippen LogP contribution in [0.1, 0.15) is 13.3 Å². The van der Waals surface area contributed by atoms with Crippen molar-refractivity contribution in [2.24, 2.45) is 4.99 Å². The van der Waals surface area contributed by atoms with Gasteiger partial charge in [-0.25, -0.2) is 4.99 Å². The van der Waals surface area contributed by atoms with Crippen molar-refractivity contribution < 1.29 is 0 Å². The molecule has 15 heavy (non-hydrogen) atoms. The minimum absolute atomic E-state index is 0.988. The summed E-state index contributed by atoms with van der Waals surface area (Å²) in [7, 11) is -1.23. The van der Waals surface area contributed by atoms with E-state index in [9.17, 15) is 0 Å². The van der Waals surface area contributed by atoms with Crippen LogP contribution in [0.2, 0.25) is 19.6 Å². The van der Waals surface area contributed by atoms with E-state index in [2.05, 4.69) is 37.4 Å². The lowest BCUT2D eigenvalue weighted by Crippen LogP contribution is -2.23. The van der Waals surface area contributed by atoms with Crippen LogP contribution in [0.15, 0.2) is 40.5 Å². The van der Waals surface area contributed by atoms with E-state index in [1.165, 1.54) is 5.20 Å². The summed E-state index contributed by atoms with van der Waals surface area (Å²) in [4.78, 5) is 4.39. The van der Waals surface area contributed by atoms with Gasteiger partial charge < -0.3 is 0 Å². The molecule has 0 fully saturated rings. The molecule has 0 bridgehead atoms. The lowest BCUT2D eigenvalue weighted by atomic mass is 10.3. The third kappa shape index (κ3) is 3.86. The number of rotatable bonds is 3. The van der Waals surface area contributed by atoms with Crippen LogP contribution in [-0.2, 0) is 0 Å². The molecule has 1 rings (SSSR count). The summed E-state index contributed by atoms with van der Waals surface area (Å²) in [5, 5.41) is 1.39. The van der Waals surface area contributed by atoms with Crippen LogP contribution < -0.4 is 0 Å². The van der Waals surface area contributed by atoms with E-state index in [1.807, 2.05) is 30.3 Å². The highest BCUT2D eigenvalue weighted by atomic mass is 28.3. The van der Waals surface area contributed by atoms with E-state index in [0.29, 0.717) is 0 Å². The molecule has 0 aliphatic heterocycles. The van der Waals surface area contributed by atoms with Gasteiger partial charge in [0.15, 0.2) is 0 Å². The van der Waals surface area contributed by atoms with Gasteiger partial charge in [0.2, 0.25) is 0 Å². The van der Waals surface area contributed by atoms with Gasteiger partial charge in [-0.05, 0) is 29.6 Å². The molecule has 1 nitrogen and oxygen atoms in total. The SMILES string of the molecule is CCC(=C=Nc1ccccc1)[Si](C)(C)C. The second-order valence-corrected chi connectivity index (χ2v) is 9.74. The molecular formula is C13H19NSi. The topological polar surface area (TPSA) is 12.4 Å². The van der Waals surface area contributed by atoms with Crippen molar-refractivity contribution in [1.82, 2.24) is 0 Å². The molecule has 0 heterocycles. The van der Waals surface area contributed by atoms with Gasteiger partial charge in [0.05, 0.1) is 13.8 Å². The molecule has 0 saturated heterocycles. The first-order chi connectivity index (χ1) is 7.04. The van der Waals surface area contributed by atoms with E-state index < -0.39 is 8.07 Å². The van der Waals surface area contributed by atoms with Crippen LogP contribution in [-0.4, -0.2) is 13.9 Å². The third-order valence-electron chi connectivity index (χ3n) is 2.34. The number of nitrogens with zero attached hydrogens (tertiary/aromatic N) is 1. The molecule has 2 heteroatoms. The summed E-state index contributed by atoms with van der Waals surface area (Å²) in [6.07, 6.45) is 1.06. The fourth-order valence-corrected chi connectivity index (χ4v) is 2.86. The van der Waals surface area contributed by atoms with Gasteiger partial charge >= 0.3 is 0 Å². The summed E-state index contributed by atoms with van der Waals surface area (Å²) in [5.74, 6) is 3.23. The highest BCUT2D eigenvalue weighted by Crippen LogP contribution is 2.15. The van der Waals surface area contributed by atoms with Crippen molar-refractivity contribution in [3.05, 3.63) is 35.5 Å². The third-order valence-corrected chi connectivity index (χ3v) is 4.61. The highest BCUT2D eigenvalue weighted by molar-refractivity contribution is 6.84. The minimum atomic E-state index is -1.23. The lowest BCUT2D eigenvalue weighted by Gasteiger charge is -2.16. The van der Waals surface area contributed by atoms with Crippen LogP contribution in [0.3, 0.4) is 0 Å². The van der Waals surface area contributed by atoms with Crippen LogP contribution in [0.25, 0.3) is 0 Å². The number of aliphatic imine (C=N–C) groups is 1. The number of hydrogen-bond donors (Lipinski definition) is 0. The Balaban J connectivity index is 2.99. The fraction of sp³-hybridized carbons (Fsp3) is 0.385. The molecule has 0 saturated carbocycles. The van der Waals surface area contributed by atoms with Crippen molar-refractivity contribution in [2.45, 2.75) is 33.0 Å². The van der Waals surface area contributed by atoms with Gasteiger partial charge in [-0.15, -0.1) is 0 Å². The highest BCUT2D eigenvalue weighted by Gasteiger charge is 2.17. The van der Waals surface area contributed by atoms with E-state index in [-0.39, 0.29) is 0 Å². The molecule has 1 aromatic carbocycles. The zero-order valence-electron chi connectivity index (χ0n) is 10.0. The normalized spacial score (nSPS) is 10.7. The number of hydrogen-bond acceptors (Lipinski definition) is 1. The monoisotopic (exact) mass is 217 g/mol. The Morgan fingerprint density at radius 1 is 1.20 bits per heavy atom. The molecule has 0 amide bonds. The van der Waals surface area contributed by atoms with Gasteiger partial charge in [0.25, 0.3) is 0 Å². The Kier molecular flexibility index (Phi) is 4.07. The number of para-hydroxylation sites is 1. The van der Waals surface area contributed by atoms with Crippen molar-refractivity contribution in [1.29, 1.82) is 0 Å². The smallest absolute Gasteiger partial charge is 0.0843 e. The first-order valence-corrected chi connectivity index (χ1v) is 8.92. The van der Waals surface area contributed by atoms with Crippen molar-refractivity contribution in [3.8, 4) is 0 Å². The molecule has 1 aromatic rings. The van der Waals surface area contributed by atoms with Crippen molar-refractivity contribution in [3.63, 3.8) is 0 Å². The molecule has 0 atom stereocenters. The average molecular weight is 217 g/mol. The van der Waals surface area contributed by atoms with E-state index in [1.54, 1.807) is 0 Å². The standard InChI is InChI=1S/C13H19NSi/c1-5-13(15(2,3)4)11-14-12-9-7-6-8-10-12/h6-10H,5H2,1-4H3. The minimum Gasteiger partial charge on any atom is -0.207 e. The Morgan fingerprint density at radius 3 is 2.27 bits per heavy atom. The Hall–Kier alpha value is -1.11. The largest absolute Gasteiger partial charge is 0.207 e. The van der Waals surface area contributed by atoms with Crippen molar-refractivity contribution >= 4 is 19.6 Å². The fourth-order valence-electron chi connectivity index (χ4n) is 1.41. The Labute approximate surface area is 93.6 Å². The molecule has 0 aliphatic carbocycles. The van der Waals surface area contributed by atoms with Crippen LogP contribution in [0.5, 0.6) is 0 Å². The van der Waals surface area contributed by atoms with E-state index in [4.69, 9.17) is 0 Å². The maximum Gasteiger partial charge on any atom is 0.0843 e. The predicted molar refractivity (Wildman–Crippen MR) is 70.7 cm³/mol. The van der Waals surface area contributed by atoms with Gasteiger partial charge in [0, 0.05) is 0 Å². The maximum atomic E-state index is 4.39. The van der Waals surface area contributed by atoms with Crippen LogP contribution in [0.4, 0.5) is 5.69 Å². The number of benzene rings is 1. The first-order valence-electron chi connectivity index (χ1n) is 5.42. The summed E-state index contributed by atoms with van der Waals surface area (Å²) in [6, 6.07) is 10.0. The number of allylic oxidation sites excluding steroid dienone is 1. The van der Waals surface area contributed by atoms with Crippen LogP contribution in [0, 0.1) is 0 Å². The van der Waals surface area contributed by atoms with Crippen molar-refractivity contribution in [2.75, 3.05) is 0 Å². The zero-order chi connectivity index (χ0) is 11.3. The second kappa shape index (κ2) is 5.10. The molecule has 0 radical (unpaired) electrons. The average Bonchev–Trinajstić information content (AvgIpc) is 2.18. The Bertz CT molecular complexity index is 367. The maximum absolute atomic E-state index is 4.39. The lowest BCUT2D eigenvalue weighted by molar-refractivity contribution is 1.18. The second-order valence-electron chi connectivity index (χ2n) is 4.64. The Morgan fingerprint density at radius 2 is 1.80 bits per heavy atom. The molecule has 80 valence electrons. The first kappa shape index (κ1) is 12.0. The molecule has 0 spiro atoms. The quantitative estimate of drug-likeness (QED) is 0.531. The predicted octanol–water partition coefficient (Wildman–Crippen LogP) is 4.20. The molecular weight excluding hydrogens is 198 g/mol. The summed E-state index contributed by atoms with van der Waals surface area (Å²) >= 11 is 0. The summed E-state index contributed by atoms with van der Waals surface area (Å²) < 4.78 is 0. The van der Waals surface area contributed by atoms with E-state index >= 15 is 0 Å². The molecule has 0 N–H and O–H groups in total. The van der Waals surface area contributed by atoms with Gasteiger partial charge in [-0.2, -0.15) is 0 Å².